The monoisotopic (exact) mass is 248 g/mol. The molecule has 0 saturated carbocycles. The summed E-state index contributed by atoms with van der Waals surface area (Å²) in [6.45, 7) is 4.46. The van der Waals surface area contributed by atoms with Crippen molar-refractivity contribution in [2.75, 3.05) is 13.6 Å². The van der Waals surface area contributed by atoms with Gasteiger partial charge in [0, 0.05) is 25.1 Å². The average molecular weight is 248 g/mol. The number of likely N-dealkylation sites (N-methyl/N-ethyl adjacent to an activating group) is 1. The molecule has 1 aliphatic rings. The number of rotatable bonds is 3. The lowest BCUT2D eigenvalue weighted by molar-refractivity contribution is -0.120. The molecule has 0 aromatic heterocycles. The Balaban J connectivity index is 2.17. The van der Waals surface area contributed by atoms with E-state index in [1.807, 2.05) is 24.3 Å². The molecule has 98 valence electrons. The molecule has 1 aromatic carbocycles. The van der Waals surface area contributed by atoms with Crippen molar-refractivity contribution in [1.29, 1.82) is 0 Å². The Bertz CT molecular complexity index is 443. The van der Waals surface area contributed by atoms with E-state index < -0.39 is 0 Å². The number of benzene rings is 1. The summed E-state index contributed by atoms with van der Waals surface area (Å²) in [6, 6.07) is 8.14. The van der Waals surface area contributed by atoms with Gasteiger partial charge in [0.05, 0.1) is 6.54 Å². The minimum Gasteiger partial charge on any atom is -0.487 e. The lowest BCUT2D eigenvalue weighted by Crippen LogP contribution is -2.42. The second-order valence-electron chi connectivity index (χ2n) is 5.21. The molecule has 1 heterocycles. The highest BCUT2D eigenvalue weighted by Crippen LogP contribution is 2.38. The zero-order chi connectivity index (χ0) is 13.2. The molecule has 0 bridgehead atoms. The van der Waals surface area contributed by atoms with Crippen molar-refractivity contribution in [3.63, 3.8) is 0 Å². The Labute approximate surface area is 108 Å². The van der Waals surface area contributed by atoms with Gasteiger partial charge in [-0.2, -0.15) is 0 Å². The second-order valence-corrected chi connectivity index (χ2v) is 5.21. The molecule has 1 unspecified atom stereocenters. The maximum atomic E-state index is 11.3. The molecule has 0 radical (unpaired) electrons. The first-order valence-electron chi connectivity index (χ1n) is 6.24. The van der Waals surface area contributed by atoms with Gasteiger partial charge in [0.15, 0.2) is 0 Å². The van der Waals surface area contributed by atoms with Crippen molar-refractivity contribution >= 4 is 5.91 Å². The molecule has 18 heavy (non-hydrogen) atoms. The lowest BCUT2D eigenvalue weighted by atomic mass is 9.90. The number of para-hydroxylation sites is 1. The van der Waals surface area contributed by atoms with Crippen molar-refractivity contribution in [1.82, 2.24) is 10.6 Å². The molecule has 4 nitrogen and oxygen atoms in total. The van der Waals surface area contributed by atoms with Crippen LogP contribution in [0.2, 0.25) is 0 Å². The zero-order valence-corrected chi connectivity index (χ0v) is 11.1. The molecule has 0 aliphatic carbocycles. The number of ether oxygens (including phenoxy) is 1. The van der Waals surface area contributed by atoms with Gasteiger partial charge < -0.3 is 15.4 Å². The van der Waals surface area contributed by atoms with E-state index in [0.29, 0.717) is 6.54 Å². The smallest absolute Gasteiger partial charge is 0.233 e. The number of carbonyl (C=O) groups excluding carboxylic acids is 1. The summed E-state index contributed by atoms with van der Waals surface area (Å²) in [7, 11) is 1.64. The number of hydrogen-bond acceptors (Lipinski definition) is 3. The van der Waals surface area contributed by atoms with Gasteiger partial charge in [0.1, 0.15) is 11.4 Å². The van der Waals surface area contributed by atoms with E-state index in [0.717, 1.165) is 17.7 Å². The predicted molar refractivity (Wildman–Crippen MR) is 70.6 cm³/mol. The Morgan fingerprint density at radius 2 is 2.17 bits per heavy atom. The van der Waals surface area contributed by atoms with Crippen LogP contribution in [0.3, 0.4) is 0 Å². The topological polar surface area (TPSA) is 50.4 Å². The molecule has 0 fully saturated rings. The van der Waals surface area contributed by atoms with E-state index >= 15 is 0 Å². The van der Waals surface area contributed by atoms with Gasteiger partial charge in [-0.05, 0) is 19.9 Å². The van der Waals surface area contributed by atoms with Crippen molar-refractivity contribution < 1.29 is 9.53 Å². The van der Waals surface area contributed by atoms with Crippen LogP contribution in [0.25, 0.3) is 0 Å². The van der Waals surface area contributed by atoms with Crippen LogP contribution in [0.15, 0.2) is 24.3 Å². The number of nitrogens with one attached hydrogen (secondary N) is 2. The third-order valence-corrected chi connectivity index (χ3v) is 3.16. The number of amides is 1. The van der Waals surface area contributed by atoms with Crippen molar-refractivity contribution in [3.8, 4) is 5.75 Å². The Morgan fingerprint density at radius 1 is 1.44 bits per heavy atom. The molecule has 4 heteroatoms. The fourth-order valence-electron chi connectivity index (χ4n) is 2.29. The Hall–Kier alpha value is -1.55. The van der Waals surface area contributed by atoms with Crippen molar-refractivity contribution in [2.24, 2.45) is 0 Å². The number of fused-ring (bicyclic) bond motifs is 1. The fraction of sp³-hybridized carbons (Fsp3) is 0.500. The van der Waals surface area contributed by atoms with Crippen LogP contribution in [0.4, 0.5) is 0 Å². The summed E-state index contributed by atoms with van der Waals surface area (Å²) in [4.78, 5) is 11.3. The molecular formula is C14H20N2O2. The summed E-state index contributed by atoms with van der Waals surface area (Å²) < 4.78 is 5.94. The minimum atomic E-state index is -0.214. The predicted octanol–water partition coefficient (Wildman–Crippen LogP) is 1.62. The van der Waals surface area contributed by atoms with Gasteiger partial charge >= 0.3 is 0 Å². The van der Waals surface area contributed by atoms with E-state index in [1.54, 1.807) is 7.05 Å². The summed E-state index contributed by atoms with van der Waals surface area (Å²) in [5, 5.41) is 5.91. The second kappa shape index (κ2) is 4.98. The molecule has 0 spiro atoms. The van der Waals surface area contributed by atoms with E-state index in [-0.39, 0.29) is 17.6 Å². The SMILES string of the molecule is CNC(=O)CNC1CC(C)(C)Oc2ccccc21. The van der Waals surface area contributed by atoms with Gasteiger partial charge in [0.2, 0.25) is 5.91 Å². The summed E-state index contributed by atoms with van der Waals surface area (Å²) in [6.07, 6.45) is 0.848. The van der Waals surface area contributed by atoms with Crippen LogP contribution in [-0.2, 0) is 4.79 Å². The Kier molecular flexibility index (Phi) is 3.57. The first-order valence-corrected chi connectivity index (χ1v) is 6.24. The molecular weight excluding hydrogens is 228 g/mol. The van der Waals surface area contributed by atoms with Crippen LogP contribution >= 0.6 is 0 Å². The number of hydrogen-bond donors (Lipinski definition) is 2. The first-order chi connectivity index (χ1) is 8.52. The highest BCUT2D eigenvalue weighted by molar-refractivity contribution is 5.77. The van der Waals surface area contributed by atoms with Crippen molar-refractivity contribution in [3.05, 3.63) is 29.8 Å². The van der Waals surface area contributed by atoms with Crippen molar-refractivity contribution in [2.45, 2.75) is 31.9 Å². The van der Waals surface area contributed by atoms with Crippen LogP contribution in [0.1, 0.15) is 31.9 Å². The third kappa shape index (κ3) is 2.82. The number of carbonyl (C=O) groups is 1. The normalized spacial score (nSPS) is 20.7. The van der Waals surface area contributed by atoms with Crippen LogP contribution < -0.4 is 15.4 Å². The molecule has 1 atom stereocenters. The maximum Gasteiger partial charge on any atom is 0.233 e. The summed E-state index contributed by atoms with van der Waals surface area (Å²) >= 11 is 0. The molecule has 0 saturated heterocycles. The lowest BCUT2D eigenvalue weighted by Gasteiger charge is -2.37. The van der Waals surface area contributed by atoms with E-state index in [2.05, 4.69) is 24.5 Å². The van der Waals surface area contributed by atoms with Gasteiger partial charge in [0.25, 0.3) is 0 Å². The standard InChI is InChI=1S/C14H20N2O2/c1-14(2)8-11(16-9-13(17)15-3)10-6-4-5-7-12(10)18-14/h4-7,11,16H,8-9H2,1-3H3,(H,15,17). The Morgan fingerprint density at radius 3 is 2.89 bits per heavy atom. The summed E-state index contributed by atoms with van der Waals surface area (Å²) in [5.41, 5.74) is 0.912. The molecule has 2 rings (SSSR count). The first kappa shape index (κ1) is 12.9. The van der Waals surface area contributed by atoms with Gasteiger partial charge in [-0.25, -0.2) is 0 Å². The average Bonchev–Trinajstić information content (AvgIpc) is 2.34. The third-order valence-electron chi connectivity index (χ3n) is 3.16. The van der Waals surface area contributed by atoms with Gasteiger partial charge in [-0.3, -0.25) is 4.79 Å². The van der Waals surface area contributed by atoms with Crippen LogP contribution in [0.5, 0.6) is 5.75 Å². The quantitative estimate of drug-likeness (QED) is 0.854. The van der Waals surface area contributed by atoms with E-state index in [4.69, 9.17) is 4.74 Å². The maximum absolute atomic E-state index is 11.3. The molecule has 1 amide bonds. The van der Waals surface area contributed by atoms with E-state index in [1.165, 1.54) is 0 Å². The molecule has 1 aliphatic heterocycles. The van der Waals surface area contributed by atoms with Gasteiger partial charge in [-0.15, -0.1) is 0 Å². The minimum absolute atomic E-state index is 0.00298. The molecule has 1 aromatic rings. The highest BCUT2D eigenvalue weighted by Gasteiger charge is 2.33. The summed E-state index contributed by atoms with van der Waals surface area (Å²) in [5.74, 6) is 0.903. The van der Waals surface area contributed by atoms with Crippen LogP contribution in [-0.4, -0.2) is 25.1 Å². The fourth-order valence-corrected chi connectivity index (χ4v) is 2.29. The molecule has 2 N–H and O–H groups in total. The highest BCUT2D eigenvalue weighted by atomic mass is 16.5. The van der Waals surface area contributed by atoms with Crippen LogP contribution in [0, 0.1) is 0 Å². The zero-order valence-electron chi connectivity index (χ0n) is 11.1. The van der Waals surface area contributed by atoms with Gasteiger partial charge in [-0.1, -0.05) is 18.2 Å². The largest absolute Gasteiger partial charge is 0.487 e. The van der Waals surface area contributed by atoms with E-state index in [9.17, 15) is 4.79 Å².